The van der Waals surface area contributed by atoms with Crippen LogP contribution in [0.25, 0.3) is 0 Å². The highest BCUT2D eigenvalue weighted by molar-refractivity contribution is 6.31. The molecular formula is C15H15ClO5. The maximum Gasteiger partial charge on any atom is 0.313 e. The third-order valence-corrected chi connectivity index (χ3v) is 3.75. The van der Waals surface area contributed by atoms with E-state index in [1.807, 2.05) is 0 Å². The Morgan fingerprint density at radius 2 is 2.19 bits per heavy atom. The molecule has 1 heterocycles. The fourth-order valence-corrected chi connectivity index (χ4v) is 2.35. The van der Waals surface area contributed by atoms with E-state index >= 15 is 0 Å². The predicted molar refractivity (Wildman–Crippen MR) is 75.6 cm³/mol. The van der Waals surface area contributed by atoms with E-state index in [2.05, 4.69) is 4.74 Å². The van der Waals surface area contributed by atoms with Crippen LogP contribution >= 0.6 is 11.6 Å². The van der Waals surface area contributed by atoms with Crippen molar-refractivity contribution in [3.63, 3.8) is 0 Å². The molecule has 1 aromatic carbocycles. The second kappa shape index (κ2) is 6.26. The molecular weight excluding hydrogens is 296 g/mol. The van der Waals surface area contributed by atoms with Gasteiger partial charge in [0, 0.05) is 11.4 Å². The lowest BCUT2D eigenvalue weighted by Crippen LogP contribution is -2.37. The van der Waals surface area contributed by atoms with Crippen LogP contribution in [0.15, 0.2) is 18.2 Å². The van der Waals surface area contributed by atoms with Crippen molar-refractivity contribution >= 4 is 29.1 Å². The van der Waals surface area contributed by atoms with Gasteiger partial charge in [-0.2, -0.15) is 0 Å². The minimum Gasteiger partial charge on any atom is -0.488 e. The molecule has 5 nitrogen and oxygen atoms in total. The number of rotatable bonds is 4. The largest absolute Gasteiger partial charge is 0.488 e. The van der Waals surface area contributed by atoms with Crippen molar-refractivity contribution in [2.75, 3.05) is 7.11 Å². The number of methoxy groups -OCH3 is 1. The van der Waals surface area contributed by atoms with Crippen LogP contribution in [0.2, 0.25) is 5.02 Å². The Kier molecular flexibility index (Phi) is 4.63. The van der Waals surface area contributed by atoms with Gasteiger partial charge in [-0.05, 0) is 18.2 Å². The van der Waals surface area contributed by atoms with E-state index in [9.17, 15) is 14.4 Å². The highest BCUT2D eigenvalue weighted by Gasteiger charge is 2.34. The van der Waals surface area contributed by atoms with E-state index in [1.54, 1.807) is 25.1 Å². The van der Waals surface area contributed by atoms with Gasteiger partial charge in [0.1, 0.15) is 18.3 Å². The number of carbonyl (C=O) groups excluding carboxylic acids is 3. The fraction of sp³-hybridized carbons (Fsp3) is 0.400. The summed E-state index contributed by atoms with van der Waals surface area (Å²) in [6.45, 7) is 1.64. The number of ether oxygens (including phenoxy) is 2. The highest BCUT2D eigenvalue weighted by atomic mass is 35.5. The molecule has 0 N–H and O–H groups in total. The smallest absolute Gasteiger partial charge is 0.313 e. The standard InChI is InChI=1S/C15H15ClO5/c1-8(11(17)7-15(19)20-2)14-6-12(18)10-5-9(16)3-4-13(10)21-14/h3-5,8,14H,6-7H2,1-2H3. The molecule has 2 rings (SSSR count). The minimum atomic E-state index is -0.596. The maximum atomic E-state index is 12.1. The van der Waals surface area contributed by atoms with Gasteiger partial charge in [-0.1, -0.05) is 18.5 Å². The van der Waals surface area contributed by atoms with Crippen molar-refractivity contribution in [2.45, 2.75) is 25.9 Å². The third kappa shape index (κ3) is 3.42. The van der Waals surface area contributed by atoms with Crippen LogP contribution in [0, 0.1) is 5.92 Å². The zero-order valence-electron chi connectivity index (χ0n) is 11.7. The lowest BCUT2D eigenvalue weighted by molar-refractivity contribution is -0.144. The summed E-state index contributed by atoms with van der Waals surface area (Å²) >= 11 is 5.85. The zero-order valence-corrected chi connectivity index (χ0v) is 12.5. The van der Waals surface area contributed by atoms with Gasteiger partial charge in [-0.15, -0.1) is 0 Å². The molecule has 1 aromatic rings. The number of carbonyl (C=O) groups is 3. The Morgan fingerprint density at radius 3 is 2.86 bits per heavy atom. The van der Waals surface area contributed by atoms with Crippen LogP contribution in [0.5, 0.6) is 5.75 Å². The Labute approximate surface area is 127 Å². The molecule has 0 fully saturated rings. The van der Waals surface area contributed by atoms with Crippen molar-refractivity contribution in [3.8, 4) is 5.75 Å². The summed E-state index contributed by atoms with van der Waals surface area (Å²) in [5, 5.41) is 0.457. The third-order valence-electron chi connectivity index (χ3n) is 3.52. The van der Waals surface area contributed by atoms with Crippen molar-refractivity contribution in [2.24, 2.45) is 5.92 Å². The highest BCUT2D eigenvalue weighted by Crippen LogP contribution is 2.32. The Morgan fingerprint density at radius 1 is 1.48 bits per heavy atom. The molecule has 0 saturated heterocycles. The van der Waals surface area contributed by atoms with Crippen LogP contribution in [-0.2, 0) is 14.3 Å². The van der Waals surface area contributed by atoms with Crippen molar-refractivity contribution in [1.29, 1.82) is 0 Å². The first-order chi connectivity index (χ1) is 9.92. The van der Waals surface area contributed by atoms with E-state index in [4.69, 9.17) is 16.3 Å². The monoisotopic (exact) mass is 310 g/mol. The molecule has 2 atom stereocenters. The van der Waals surface area contributed by atoms with E-state index in [0.717, 1.165) is 0 Å². The number of ketones is 2. The molecule has 0 radical (unpaired) electrons. The van der Waals surface area contributed by atoms with Crippen molar-refractivity contribution in [3.05, 3.63) is 28.8 Å². The molecule has 2 unspecified atom stereocenters. The normalized spacial score (nSPS) is 18.4. The van der Waals surface area contributed by atoms with Gasteiger partial charge < -0.3 is 9.47 Å². The van der Waals surface area contributed by atoms with Gasteiger partial charge in [0.15, 0.2) is 11.6 Å². The number of hydrogen-bond acceptors (Lipinski definition) is 5. The molecule has 21 heavy (non-hydrogen) atoms. The van der Waals surface area contributed by atoms with E-state index in [0.29, 0.717) is 16.3 Å². The maximum absolute atomic E-state index is 12.1. The minimum absolute atomic E-state index is 0.0847. The first-order valence-electron chi connectivity index (χ1n) is 6.51. The molecule has 0 spiro atoms. The number of hydrogen-bond donors (Lipinski definition) is 0. The van der Waals surface area contributed by atoms with Crippen LogP contribution < -0.4 is 4.74 Å². The van der Waals surface area contributed by atoms with Gasteiger partial charge in [0.2, 0.25) is 0 Å². The number of benzene rings is 1. The summed E-state index contributed by atoms with van der Waals surface area (Å²) in [6.07, 6.45) is -0.816. The first-order valence-corrected chi connectivity index (χ1v) is 6.89. The van der Waals surface area contributed by atoms with E-state index in [-0.39, 0.29) is 24.4 Å². The summed E-state index contributed by atoms with van der Waals surface area (Å²) in [5.41, 5.74) is 0.423. The van der Waals surface area contributed by atoms with E-state index in [1.165, 1.54) is 7.11 Å². The predicted octanol–water partition coefficient (Wildman–Crippen LogP) is 2.44. The summed E-state index contributed by atoms with van der Waals surface area (Å²) in [4.78, 5) is 35.2. The number of halogens is 1. The lowest BCUT2D eigenvalue weighted by atomic mass is 9.90. The van der Waals surface area contributed by atoms with Crippen molar-refractivity contribution < 1.29 is 23.9 Å². The average Bonchev–Trinajstić information content (AvgIpc) is 2.46. The molecule has 1 aliphatic rings. The van der Waals surface area contributed by atoms with Gasteiger partial charge in [-0.3, -0.25) is 14.4 Å². The van der Waals surface area contributed by atoms with Gasteiger partial charge in [0.25, 0.3) is 0 Å². The summed E-state index contributed by atoms with van der Waals surface area (Å²) in [5.74, 6) is -1.19. The molecule has 0 saturated carbocycles. The number of fused-ring (bicyclic) bond motifs is 1. The first kappa shape index (κ1) is 15.5. The molecule has 6 heteroatoms. The zero-order chi connectivity index (χ0) is 15.6. The number of esters is 1. The van der Waals surface area contributed by atoms with Gasteiger partial charge >= 0.3 is 5.97 Å². The van der Waals surface area contributed by atoms with Crippen molar-refractivity contribution in [1.82, 2.24) is 0 Å². The Balaban J connectivity index is 2.13. The fourth-order valence-electron chi connectivity index (χ4n) is 2.18. The molecule has 0 amide bonds. The van der Waals surface area contributed by atoms with Crippen LogP contribution in [0.3, 0.4) is 0 Å². The summed E-state index contributed by atoms with van der Waals surface area (Å²) in [7, 11) is 1.22. The SMILES string of the molecule is COC(=O)CC(=O)C(C)C1CC(=O)c2cc(Cl)ccc2O1. The van der Waals surface area contributed by atoms with E-state index < -0.39 is 18.0 Å². The Bertz CT molecular complexity index is 596. The molecule has 1 aliphatic heterocycles. The van der Waals surface area contributed by atoms with Gasteiger partial charge in [0.05, 0.1) is 18.6 Å². The Hall–Kier alpha value is -1.88. The average molecular weight is 311 g/mol. The second-order valence-corrected chi connectivity index (χ2v) is 5.37. The van der Waals surface area contributed by atoms with Crippen LogP contribution in [-0.4, -0.2) is 30.7 Å². The van der Waals surface area contributed by atoms with Gasteiger partial charge in [-0.25, -0.2) is 0 Å². The second-order valence-electron chi connectivity index (χ2n) is 4.93. The molecule has 0 bridgehead atoms. The quantitative estimate of drug-likeness (QED) is 0.631. The number of Topliss-reactive ketones (excluding diaryl/α,β-unsaturated/α-hetero) is 2. The van der Waals surface area contributed by atoms with Crippen LogP contribution in [0.1, 0.15) is 30.1 Å². The summed E-state index contributed by atoms with van der Waals surface area (Å²) < 4.78 is 10.2. The molecule has 0 aliphatic carbocycles. The summed E-state index contributed by atoms with van der Waals surface area (Å²) in [6, 6.07) is 4.78. The molecule has 112 valence electrons. The topological polar surface area (TPSA) is 69.7 Å². The van der Waals surface area contributed by atoms with Crippen LogP contribution in [0.4, 0.5) is 0 Å². The molecule has 0 aromatic heterocycles. The lowest BCUT2D eigenvalue weighted by Gasteiger charge is -2.28.